The summed E-state index contributed by atoms with van der Waals surface area (Å²) >= 11 is 0. The molecule has 24 heavy (non-hydrogen) atoms. The molecule has 0 bridgehead atoms. The number of Topliss-reactive ketones (excluding diaryl/α,β-unsaturated/α-hetero) is 1. The SMILES string of the molecule is CCOc1ccc(C2C(C(C)=O)=C(O)C(=O)N2CCN(C)C)cc1. The number of amides is 1. The van der Waals surface area contributed by atoms with Gasteiger partial charge in [-0.25, -0.2) is 0 Å². The van der Waals surface area contributed by atoms with Crippen LogP contribution in [0.1, 0.15) is 25.5 Å². The quantitative estimate of drug-likeness (QED) is 0.826. The summed E-state index contributed by atoms with van der Waals surface area (Å²) in [4.78, 5) is 27.9. The van der Waals surface area contributed by atoms with Crippen molar-refractivity contribution >= 4 is 11.7 Å². The van der Waals surface area contributed by atoms with Crippen molar-refractivity contribution in [3.63, 3.8) is 0 Å². The first kappa shape index (κ1) is 18.0. The zero-order chi connectivity index (χ0) is 17.9. The van der Waals surface area contributed by atoms with E-state index in [1.54, 1.807) is 17.0 Å². The van der Waals surface area contributed by atoms with E-state index in [-0.39, 0.29) is 11.4 Å². The molecule has 1 aliphatic rings. The normalized spacial score (nSPS) is 17.8. The average Bonchev–Trinajstić information content (AvgIpc) is 2.78. The Labute approximate surface area is 142 Å². The van der Waals surface area contributed by atoms with Gasteiger partial charge in [0.25, 0.3) is 5.91 Å². The highest BCUT2D eigenvalue weighted by atomic mass is 16.5. The minimum Gasteiger partial charge on any atom is -0.503 e. The highest BCUT2D eigenvalue weighted by molar-refractivity contribution is 6.08. The molecular weight excluding hydrogens is 308 g/mol. The lowest BCUT2D eigenvalue weighted by Crippen LogP contribution is -2.36. The molecule has 1 N–H and O–H groups in total. The van der Waals surface area contributed by atoms with Crippen LogP contribution < -0.4 is 4.74 Å². The van der Waals surface area contributed by atoms with Gasteiger partial charge in [0, 0.05) is 13.1 Å². The van der Waals surface area contributed by atoms with Gasteiger partial charge in [0.1, 0.15) is 5.75 Å². The van der Waals surface area contributed by atoms with Crippen LogP contribution in [0, 0.1) is 0 Å². The number of hydrogen-bond donors (Lipinski definition) is 1. The molecule has 0 saturated heterocycles. The van der Waals surface area contributed by atoms with Gasteiger partial charge in [0.2, 0.25) is 0 Å². The van der Waals surface area contributed by atoms with E-state index in [4.69, 9.17) is 4.74 Å². The first-order chi connectivity index (χ1) is 11.4. The Bertz CT molecular complexity index is 649. The van der Waals surface area contributed by atoms with Gasteiger partial charge >= 0.3 is 0 Å². The van der Waals surface area contributed by atoms with Crippen LogP contribution in [0.3, 0.4) is 0 Å². The molecule has 1 aromatic carbocycles. The van der Waals surface area contributed by atoms with Gasteiger partial charge in [-0.15, -0.1) is 0 Å². The van der Waals surface area contributed by atoms with E-state index in [0.29, 0.717) is 19.7 Å². The molecule has 0 spiro atoms. The van der Waals surface area contributed by atoms with Crippen molar-refractivity contribution in [2.24, 2.45) is 0 Å². The van der Waals surface area contributed by atoms with Crippen molar-refractivity contribution in [1.82, 2.24) is 9.80 Å². The van der Waals surface area contributed by atoms with Crippen molar-refractivity contribution in [1.29, 1.82) is 0 Å². The van der Waals surface area contributed by atoms with Gasteiger partial charge in [-0.1, -0.05) is 12.1 Å². The standard InChI is InChI=1S/C18H24N2O4/c1-5-24-14-8-6-13(7-9-14)16-15(12(2)21)17(22)18(23)20(16)11-10-19(3)4/h6-9,16,22H,5,10-11H2,1-4H3. The fraction of sp³-hybridized carbons (Fsp3) is 0.444. The maximum absolute atomic E-state index is 12.4. The third-order valence-corrected chi connectivity index (χ3v) is 3.98. The number of ether oxygens (including phenoxy) is 1. The fourth-order valence-corrected chi connectivity index (χ4v) is 2.81. The summed E-state index contributed by atoms with van der Waals surface area (Å²) in [5.74, 6) is -0.517. The molecule has 1 atom stereocenters. The highest BCUT2D eigenvalue weighted by Crippen LogP contribution is 2.37. The molecule has 1 unspecified atom stereocenters. The van der Waals surface area contributed by atoms with E-state index in [2.05, 4.69) is 0 Å². The van der Waals surface area contributed by atoms with Gasteiger partial charge in [-0.3, -0.25) is 9.59 Å². The van der Waals surface area contributed by atoms with E-state index < -0.39 is 17.7 Å². The second-order valence-corrected chi connectivity index (χ2v) is 6.02. The van der Waals surface area contributed by atoms with Gasteiger partial charge < -0.3 is 19.6 Å². The second-order valence-electron chi connectivity index (χ2n) is 6.02. The predicted molar refractivity (Wildman–Crippen MR) is 91.0 cm³/mol. The van der Waals surface area contributed by atoms with Crippen molar-refractivity contribution < 1.29 is 19.4 Å². The van der Waals surface area contributed by atoms with Crippen molar-refractivity contribution in [2.45, 2.75) is 19.9 Å². The van der Waals surface area contributed by atoms with Crippen LogP contribution in [0.2, 0.25) is 0 Å². The Morgan fingerprint density at radius 1 is 1.29 bits per heavy atom. The number of carbonyl (C=O) groups excluding carboxylic acids is 2. The predicted octanol–water partition coefficient (Wildman–Crippen LogP) is 1.93. The molecule has 1 aromatic rings. The van der Waals surface area contributed by atoms with Crippen LogP contribution in [0.4, 0.5) is 0 Å². The lowest BCUT2D eigenvalue weighted by Gasteiger charge is -2.27. The number of hydrogen-bond acceptors (Lipinski definition) is 5. The molecular formula is C18H24N2O4. The molecule has 130 valence electrons. The number of aliphatic hydroxyl groups excluding tert-OH is 1. The van der Waals surface area contributed by atoms with E-state index >= 15 is 0 Å². The van der Waals surface area contributed by atoms with Gasteiger partial charge in [0.15, 0.2) is 11.5 Å². The third-order valence-electron chi connectivity index (χ3n) is 3.98. The Morgan fingerprint density at radius 3 is 2.42 bits per heavy atom. The minimum atomic E-state index is -0.564. The van der Waals surface area contributed by atoms with Crippen molar-refractivity contribution in [3.8, 4) is 5.75 Å². The molecule has 2 rings (SSSR count). The third kappa shape index (κ3) is 3.59. The maximum atomic E-state index is 12.4. The zero-order valence-electron chi connectivity index (χ0n) is 14.6. The van der Waals surface area contributed by atoms with Crippen LogP contribution in [-0.2, 0) is 9.59 Å². The minimum absolute atomic E-state index is 0.155. The van der Waals surface area contributed by atoms with Crippen LogP contribution in [0.15, 0.2) is 35.6 Å². The molecule has 1 amide bonds. The largest absolute Gasteiger partial charge is 0.503 e. The maximum Gasteiger partial charge on any atom is 0.290 e. The van der Waals surface area contributed by atoms with E-state index in [9.17, 15) is 14.7 Å². The monoisotopic (exact) mass is 332 g/mol. The van der Waals surface area contributed by atoms with Crippen molar-refractivity contribution in [3.05, 3.63) is 41.2 Å². The Hall–Kier alpha value is -2.34. The number of ketones is 1. The number of benzene rings is 1. The van der Waals surface area contributed by atoms with Gasteiger partial charge in [0.05, 0.1) is 18.2 Å². The van der Waals surface area contributed by atoms with Crippen molar-refractivity contribution in [2.75, 3.05) is 33.8 Å². The highest BCUT2D eigenvalue weighted by Gasteiger charge is 2.42. The van der Waals surface area contributed by atoms with Crippen LogP contribution in [0.25, 0.3) is 0 Å². The lowest BCUT2D eigenvalue weighted by molar-refractivity contribution is -0.129. The Morgan fingerprint density at radius 2 is 1.92 bits per heavy atom. The summed E-state index contributed by atoms with van der Waals surface area (Å²) in [6, 6.07) is 6.70. The summed E-state index contributed by atoms with van der Waals surface area (Å²) < 4.78 is 5.43. The van der Waals surface area contributed by atoms with Crippen LogP contribution in [0.5, 0.6) is 5.75 Å². The second kappa shape index (κ2) is 7.49. The van der Waals surface area contributed by atoms with E-state index in [0.717, 1.165) is 11.3 Å². The molecule has 0 saturated carbocycles. The Balaban J connectivity index is 2.38. The molecule has 0 fully saturated rings. The van der Waals surface area contributed by atoms with Crippen LogP contribution in [-0.4, -0.2) is 60.4 Å². The van der Waals surface area contributed by atoms with Crippen LogP contribution >= 0.6 is 0 Å². The van der Waals surface area contributed by atoms with Gasteiger partial charge in [-0.05, 0) is 45.6 Å². The first-order valence-electron chi connectivity index (χ1n) is 7.99. The molecule has 6 nitrogen and oxygen atoms in total. The average molecular weight is 332 g/mol. The molecule has 1 heterocycles. The summed E-state index contributed by atoms with van der Waals surface area (Å²) in [5, 5.41) is 10.2. The van der Waals surface area contributed by atoms with E-state index in [1.165, 1.54) is 6.92 Å². The molecule has 1 aliphatic heterocycles. The number of nitrogens with zero attached hydrogens (tertiary/aromatic N) is 2. The summed E-state index contributed by atoms with van der Waals surface area (Å²) in [6.45, 7) is 4.90. The molecule has 6 heteroatoms. The topological polar surface area (TPSA) is 70.1 Å². The fourth-order valence-electron chi connectivity index (χ4n) is 2.81. The smallest absolute Gasteiger partial charge is 0.290 e. The number of rotatable bonds is 7. The Kier molecular flexibility index (Phi) is 5.62. The lowest BCUT2D eigenvalue weighted by atomic mass is 9.96. The van der Waals surface area contributed by atoms with Gasteiger partial charge in [-0.2, -0.15) is 0 Å². The summed E-state index contributed by atoms with van der Waals surface area (Å²) in [6.07, 6.45) is 0. The molecule has 0 aliphatic carbocycles. The number of likely N-dealkylation sites (N-methyl/N-ethyl adjacent to an activating group) is 1. The summed E-state index contributed by atoms with van der Waals surface area (Å²) in [5.41, 5.74) is 0.933. The number of aliphatic hydroxyl groups is 1. The van der Waals surface area contributed by atoms with E-state index in [1.807, 2.05) is 38.1 Å². The molecule has 0 radical (unpaired) electrons. The zero-order valence-corrected chi connectivity index (χ0v) is 14.6. The molecule has 0 aromatic heterocycles. The first-order valence-corrected chi connectivity index (χ1v) is 7.99. The number of carbonyl (C=O) groups is 2. The summed E-state index contributed by atoms with van der Waals surface area (Å²) in [7, 11) is 3.82.